The van der Waals surface area contributed by atoms with Crippen molar-refractivity contribution in [3.63, 3.8) is 0 Å². The number of rotatable bonds is 1. The third kappa shape index (κ3) is 2.06. The Balaban J connectivity index is 2.07. The second-order valence-corrected chi connectivity index (χ2v) is 5.65. The van der Waals surface area contributed by atoms with Crippen molar-refractivity contribution < 1.29 is 4.79 Å². The smallest absolute Gasteiger partial charge is 0.158 e. The fraction of sp³-hybridized carbons (Fsp3) is 0.222. The summed E-state index contributed by atoms with van der Waals surface area (Å²) in [4.78, 5) is 10.9. The number of carbonyl (C=O) groups is 1. The molecule has 0 aromatic heterocycles. The van der Waals surface area contributed by atoms with Gasteiger partial charge in [-0.2, -0.15) is 0 Å². The third-order valence-electron chi connectivity index (χ3n) is 1.96. The zero-order chi connectivity index (χ0) is 9.26. The van der Waals surface area contributed by atoms with E-state index in [-0.39, 0.29) is 16.9 Å². The number of hydrogen-bond donors (Lipinski definition) is 1. The lowest BCUT2D eigenvalue weighted by Gasteiger charge is -2.29. The molecule has 0 aromatic carbocycles. The zero-order valence-electron chi connectivity index (χ0n) is 6.98. The first-order valence-electron chi connectivity index (χ1n) is 4.07. The lowest BCUT2D eigenvalue weighted by Crippen LogP contribution is -2.20. The molecule has 0 amide bonds. The lowest BCUT2D eigenvalue weighted by atomic mass is 10.2. The van der Waals surface area contributed by atoms with E-state index >= 15 is 0 Å². The van der Waals surface area contributed by atoms with Crippen LogP contribution in [0.5, 0.6) is 0 Å². The maximum Gasteiger partial charge on any atom is 0.158 e. The molecule has 0 bridgehead atoms. The number of halogens is 1. The van der Waals surface area contributed by atoms with Crippen molar-refractivity contribution in [2.75, 3.05) is 6.54 Å². The van der Waals surface area contributed by atoms with Crippen LogP contribution in [-0.2, 0) is 4.79 Å². The summed E-state index contributed by atoms with van der Waals surface area (Å²) < 4.78 is 3.37. The monoisotopic (exact) mass is 259 g/mol. The fourth-order valence-electron chi connectivity index (χ4n) is 1.26. The Kier molecular flexibility index (Phi) is 2.60. The molecule has 0 saturated carbocycles. The van der Waals surface area contributed by atoms with E-state index in [1.54, 1.807) is 6.08 Å². The second kappa shape index (κ2) is 3.72. The molecule has 0 aromatic rings. The molecule has 1 atom stereocenters. The van der Waals surface area contributed by atoms with Crippen molar-refractivity contribution in [2.24, 2.45) is 0 Å². The fourth-order valence-corrected chi connectivity index (χ4v) is 3.84. The van der Waals surface area contributed by atoms with Gasteiger partial charge in [0, 0.05) is 23.6 Å². The van der Waals surface area contributed by atoms with Gasteiger partial charge in [-0.25, -0.2) is 0 Å². The summed E-state index contributed by atoms with van der Waals surface area (Å²) in [6.07, 6.45) is 6.29. The van der Waals surface area contributed by atoms with E-state index in [9.17, 15) is 4.79 Å². The molecule has 2 aliphatic rings. The SMILES string of the molecule is O=C1C=CN([SH]2C=CC(Br)=C2)CC1. The van der Waals surface area contributed by atoms with E-state index in [1.807, 2.05) is 6.20 Å². The number of carbonyl (C=O) groups excluding carboxylic acids is 1. The summed E-state index contributed by atoms with van der Waals surface area (Å²) in [6, 6.07) is 0. The predicted octanol–water partition coefficient (Wildman–Crippen LogP) is 2.45. The van der Waals surface area contributed by atoms with Crippen molar-refractivity contribution >= 4 is 32.8 Å². The molecule has 13 heavy (non-hydrogen) atoms. The largest absolute Gasteiger partial charge is 0.336 e. The molecule has 2 heterocycles. The van der Waals surface area contributed by atoms with Gasteiger partial charge in [0.1, 0.15) is 0 Å². The maximum absolute atomic E-state index is 10.9. The van der Waals surface area contributed by atoms with Crippen molar-refractivity contribution in [3.05, 3.63) is 33.7 Å². The van der Waals surface area contributed by atoms with Gasteiger partial charge in [-0.3, -0.25) is 4.79 Å². The summed E-state index contributed by atoms with van der Waals surface area (Å²) in [7, 11) is 0. The van der Waals surface area contributed by atoms with Crippen molar-refractivity contribution in [2.45, 2.75) is 6.42 Å². The molecule has 1 unspecified atom stereocenters. The molecule has 2 nitrogen and oxygen atoms in total. The van der Waals surface area contributed by atoms with Crippen LogP contribution in [0.4, 0.5) is 0 Å². The van der Waals surface area contributed by atoms with Gasteiger partial charge < -0.3 is 4.31 Å². The van der Waals surface area contributed by atoms with Crippen LogP contribution in [0.25, 0.3) is 0 Å². The topological polar surface area (TPSA) is 20.3 Å². The van der Waals surface area contributed by atoms with Crippen LogP contribution in [0.1, 0.15) is 6.42 Å². The highest BCUT2D eigenvalue weighted by molar-refractivity contribution is 9.12. The summed E-state index contributed by atoms with van der Waals surface area (Å²) in [5.41, 5.74) is 0. The minimum atomic E-state index is -0.317. The Morgan fingerprint density at radius 2 is 2.31 bits per heavy atom. The van der Waals surface area contributed by atoms with Gasteiger partial charge in [0.05, 0.1) is 0 Å². The number of allylic oxidation sites excluding steroid dienone is 3. The Morgan fingerprint density at radius 1 is 1.46 bits per heavy atom. The molecule has 70 valence electrons. The van der Waals surface area contributed by atoms with Gasteiger partial charge in [0.2, 0.25) is 0 Å². The minimum Gasteiger partial charge on any atom is -0.336 e. The number of nitrogens with zero attached hydrogens (tertiary/aromatic N) is 1. The molecule has 0 radical (unpaired) electrons. The Morgan fingerprint density at radius 3 is 2.85 bits per heavy atom. The van der Waals surface area contributed by atoms with Crippen LogP contribution < -0.4 is 0 Å². The van der Waals surface area contributed by atoms with Gasteiger partial charge in [-0.05, 0) is 23.0 Å². The molecule has 4 heteroatoms. The Hall–Kier alpha value is -0.480. The molecule has 0 aliphatic carbocycles. The summed E-state index contributed by atoms with van der Waals surface area (Å²) in [5.74, 6) is 0.234. The standard InChI is InChI=1S/C9H10BrNOS/c10-8-3-6-13(7-8)11-4-1-9(12)2-5-11/h1,3-4,6-7,13H,2,5H2. The quantitative estimate of drug-likeness (QED) is 0.731. The maximum atomic E-state index is 10.9. The van der Waals surface area contributed by atoms with Gasteiger partial charge >= 0.3 is 0 Å². The number of ketones is 1. The first kappa shape index (κ1) is 9.09. The average Bonchev–Trinajstić information content (AvgIpc) is 2.53. The highest BCUT2D eigenvalue weighted by Gasteiger charge is 2.14. The Bertz CT molecular complexity index is 322. The lowest BCUT2D eigenvalue weighted by molar-refractivity contribution is -0.115. The van der Waals surface area contributed by atoms with E-state index in [1.165, 1.54) is 0 Å². The van der Waals surface area contributed by atoms with Crippen LogP contribution in [0.15, 0.2) is 33.7 Å². The van der Waals surface area contributed by atoms with Crippen molar-refractivity contribution in [1.29, 1.82) is 0 Å². The minimum absolute atomic E-state index is 0.234. The summed E-state index contributed by atoms with van der Waals surface area (Å²) in [6.45, 7) is 0.849. The van der Waals surface area contributed by atoms with E-state index in [0.717, 1.165) is 11.0 Å². The Labute approximate surface area is 88.6 Å². The van der Waals surface area contributed by atoms with Crippen LogP contribution >= 0.6 is 27.0 Å². The van der Waals surface area contributed by atoms with E-state index in [0.29, 0.717) is 6.42 Å². The molecule has 2 rings (SSSR count). The van der Waals surface area contributed by atoms with Crippen molar-refractivity contribution in [3.8, 4) is 0 Å². The highest BCUT2D eigenvalue weighted by atomic mass is 79.9. The van der Waals surface area contributed by atoms with Crippen LogP contribution in [0.2, 0.25) is 0 Å². The van der Waals surface area contributed by atoms with Crippen LogP contribution in [0, 0.1) is 0 Å². The van der Waals surface area contributed by atoms with Gasteiger partial charge in [-0.1, -0.05) is 15.9 Å². The predicted molar refractivity (Wildman–Crippen MR) is 60.6 cm³/mol. The summed E-state index contributed by atoms with van der Waals surface area (Å²) in [5, 5.41) is 4.37. The van der Waals surface area contributed by atoms with Gasteiger partial charge in [-0.15, -0.1) is 11.1 Å². The molecular weight excluding hydrogens is 250 g/mol. The van der Waals surface area contributed by atoms with Crippen LogP contribution in [-0.4, -0.2) is 16.6 Å². The van der Waals surface area contributed by atoms with Crippen LogP contribution in [0.3, 0.4) is 0 Å². The molecule has 2 aliphatic heterocycles. The van der Waals surface area contributed by atoms with E-state index in [4.69, 9.17) is 0 Å². The molecule has 0 saturated heterocycles. The second-order valence-electron chi connectivity index (χ2n) is 2.90. The molecular formula is C9H10BrNOS. The molecule has 0 fully saturated rings. The first-order valence-corrected chi connectivity index (χ1v) is 6.30. The average molecular weight is 260 g/mol. The first-order chi connectivity index (χ1) is 6.25. The highest BCUT2D eigenvalue weighted by Crippen LogP contribution is 2.42. The van der Waals surface area contributed by atoms with Gasteiger partial charge in [0.25, 0.3) is 0 Å². The molecule has 0 N–H and O–H groups in total. The van der Waals surface area contributed by atoms with Crippen molar-refractivity contribution in [1.82, 2.24) is 4.31 Å². The number of thiol groups is 1. The normalized spacial score (nSPS) is 29.6. The third-order valence-corrected chi connectivity index (χ3v) is 4.73. The molecule has 0 spiro atoms. The van der Waals surface area contributed by atoms with Gasteiger partial charge in [0.15, 0.2) is 5.78 Å². The number of hydrogen-bond acceptors (Lipinski definition) is 2. The van der Waals surface area contributed by atoms with E-state index in [2.05, 4.69) is 37.1 Å². The summed E-state index contributed by atoms with van der Waals surface area (Å²) >= 11 is 3.11. The van der Waals surface area contributed by atoms with E-state index < -0.39 is 0 Å². The zero-order valence-corrected chi connectivity index (χ0v) is 9.46.